The highest BCUT2D eigenvalue weighted by Crippen LogP contribution is 2.39. The zero-order valence-electron chi connectivity index (χ0n) is 64.5. The Morgan fingerprint density at radius 3 is 1.03 bits per heavy atom. The van der Waals surface area contributed by atoms with Gasteiger partial charge in [-0.15, -0.1) is 25.5 Å². The Bertz CT molecular complexity index is 2150. The maximum absolute atomic E-state index is 11.1. The van der Waals surface area contributed by atoms with Crippen LogP contribution in [0.2, 0.25) is 0 Å². The maximum Gasteiger partial charge on any atom is 0.254 e. The van der Waals surface area contributed by atoms with Crippen molar-refractivity contribution < 1.29 is 24.0 Å². The van der Waals surface area contributed by atoms with E-state index in [1.807, 2.05) is 144 Å². The van der Waals surface area contributed by atoms with Crippen LogP contribution in [0.3, 0.4) is 0 Å². The predicted octanol–water partition coefficient (Wildman–Crippen LogP) is 23.4. The lowest BCUT2D eigenvalue weighted by molar-refractivity contribution is -0.142. The van der Waals surface area contributed by atoms with Crippen LogP contribution >= 0.6 is 12.2 Å². The maximum atomic E-state index is 11.1. The summed E-state index contributed by atoms with van der Waals surface area (Å²) >= 11 is 4.99. The number of carbonyl (C=O) groups excluding carboxylic acids is 5. The number of carbonyl (C=O) groups is 5. The summed E-state index contributed by atoms with van der Waals surface area (Å²) in [7, 11) is 0. The van der Waals surface area contributed by atoms with Crippen LogP contribution in [0.4, 0.5) is 0 Å². The van der Waals surface area contributed by atoms with Crippen molar-refractivity contribution in [3.63, 3.8) is 0 Å². The van der Waals surface area contributed by atoms with Crippen molar-refractivity contribution in [1.82, 2.24) is 4.90 Å². The third-order valence-corrected chi connectivity index (χ3v) is 10.1. The summed E-state index contributed by atoms with van der Waals surface area (Å²) in [6.07, 6.45) is 23.8. The Morgan fingerprint density at radius 2 is 0.955 bits per heavy atom. The number of nitrogens with zero attached hydrogens (tertiary/aromatic N) is 3. The molecule has 0 saturated heterocycles. The van der Waals surface area contributed by atoms with E-state index in [1.165, 1.54) is 42.4 Å². The predicted molar refractivity (Wildman–Crippen MR) is 397 cm³/mol. The Hall–Kier alpha value is -4.82. The summed E-state index contributed by atoms with van der Waals surface area (Å²) in [4.78, 5) is 60.8. The van der Waals surface area contributed by atoms with E-state index in [4.69, 9.17) is 23.9 Å². The van der Waals surface area contributed by atoms with E-state index in [-0.39, 0.29) is 56.0 Å². The van der Waals surface area contributed by atoms with E-state index in [0.29, 0.717) is 58.7 Å². The quantitative estimate of drug-likeness (QED) is 0.0533. The van der Waals surface area contributed by atoms with Crippen molar-refractivity contribution in [2.24, 2.45) is 59.6 Å². The molecular formula is C79H143N3O5S. The summed E-state index contributed by atoms with van der Waals surface area (Å²) in [5, 5.41) is 8.15. The van der Waals surface area contributed by atoms with Crippen molar-refractivity contribution in [2.75, 3.05) is 0 Å². The average molecular weight is 1250 g/mol. The number of thiocarbonyl (C=S) groups is 1. The molecule has 1 saturated carbocycles. The molecule has 1 aliphatic heterocycles. The Kier molecular flexibility index (Phi) is 54.7. The zero-order valence-corrected chi connectivity index (χ0v) is 65.3. The Labute approximate surface area is 554 Å². The number of nitriles is 1. The summed E-state index contributed by atoms with van der Waals surface area (Å²) in [6.45, 7) is 93.0. The van der Waals surface area contributed by atoms with E-state index >= 15 is 0 Å². The number of ketones is 3. The molecule has 0 radical (unpaired) electrons. The van der Waals surface area contributed by atoms with Crippen LogP contribution in [-0.2, 0) is 24.0 Å². The van der Waals surface area contributed by atoms with Crippen LogP contribution in [0, 0.1) is 78.3 Å². The van der Waals surface area contributed by atoms with Gasteiger partial charge in [-0.05, 0) is 177 Å². The van der Waals surface area contributed by atoms with Crippen LogP contribution in [0.1, 0.15) is 300 Å². The van der Waals surface area contributed by atoms with Gasteiger partial charge in [0.15, 0.2) is 11.6 Å². The molecule has 0 aromatic rings. The topological polar surface area (TPSA) is 125 Å². The van der Waals surface area contributed by atoms with Crippen molar-refractivity contribution in [2.45, 2.75) is 311 Å². The lowest BCUT2D eigenvalue weighted by Crippen LogP contribution is -2.45. The third kappa shape index (κ3) is 109. The molecule has 0 unspecified atom stereocenters. The van der Waals surface area contributed by atoms with Gasteiger partial charge in [0, 0.05) is 59.1 Å². The van der Waals surface area contributed by atoms with Crippen molar-refractivity contribution in [3.8, 4) is 18.4 Å². The zero-order chi connectivity index (χ0) is 73.1. The Balaban J connectivity index is -0.000000112. The van der Waals surface area contributed by atoms with Gasteiger partial charge in [-0.3, -0.25) is 28.9 Å². The third-order valence-electron chi connectivity index (χ3n) is 9.78. The molecule has 2 rings (SSSR count). The molecular weight excluding hydrogens is 1100 g/mol. The number of hydrogen-bond donors (Lipinski definition) is 0. The highest BCUT2D eigenvalue weighted by atomic mass is 32.1. The second-order valence-corrected chi connectivity index (χ2v) is 35.5. The normalized spacial score (nSPS) is 12.8. The van der Waals surface area contributed by atoms with Crippen LogP contribution in [0.15, 0.2) is 86.5 Å². The minimum Gasteiger partial charge on any atom is -0.300 e. The highest BCUT2D eigenvalue weighted by molar-refractivity contribution is 7.80. The number of amides is 2. The standard InChI is InChI=1S/C9H16O.C8H11NO2.C8H16O.C8H14O.C8H14S.C8H16.C7H14.C6H11N.C6H12.C6H10.C5H9N/c1-7(2)8(10)6-9(3,4)5;1-8(2,3)9-6(10)4-5-7(9)11;3*1-5-7(9)6-8(2,3)4;1-8(2,3)6-7-4-5-7;1-5-6-7(2,3)4;1-5-7-6(2,3)4;2*1-5-6(2,3)4;1-5(2,3)4-6/h1,6H2,2-5H3;4-5H,1-3H3;5-6H2,1-4H3;2*5H,1,6H2,2-4H3;7H,4-6H2,1-3H3;5H,1,6H2,2-4H3;1H2,2-4H3;5H,1H2,2-4H3;1H,2-4H3;1-3H3. The fraction of sp³-hybridized carbons (Fsp3) is 0.709. The first-order valence-electron chi connectivity index (χ1n) is 31.5. The first-order valence-corrected chi connectivity index (χ1v) is 31.9. The molecule has 0 aromatic carbocycles. The number of allylic oxidation sites excluding steroid dienone is 5. The molecule has 0 atom stereocenters. The molecule has 510 valence electrons. The minimum absolute atomic E-state index is 0.00174. The van der Waals surface area contributed by atoms with E-state index < -0.39 is 5.54 Å². The second-order valence-electron chi connectivity index (χ2n) is 34.9. The SMILES string of the molecule is C#CC(C)(C)C.C=C(C)C(=O)CC(C)(C)C.C=C=NC(C)(C)C.C=CC(=O)CC(C)(C)C.C=CC(=S)CC(C)(C)C.C=CC(C)(C)C.C=CCC(C)(C)C.CC(C)(C)C#N.CC(C)(C)CC1CC1.CC(C)(C)N1C(=O)C=CC1=O.CCC(=O)CC(C)(C)C. The van der Waals surface area contributed by atoms with E-state index in [2.05, 4.69) is 166 Å². The molecule has 1 heterocycles. The Morgan fingerprint density at radius 1 is 0.614 bits per heavy atom. The molecule has 0 N–H and O–H groups in total. The number of imide groups is 1. The molecule has 2 amide bonds. The van der Waals surface area contributed by atoms with Gasteiger partial charge >= 0.3 is 0 Å². The molecule has 0 bridgehead atoms. The highest BCUT2D eigenvalue weighted by Gasteiger charge is 2.33. The second kappa shape index (κ2) is 47.1. The first-order chi connectivity index (χ1) is 38.5. The number of Topliss-reactive ketones (excluding diaryl/α,β-unsaturated/α-hetero) is 2. The van der Waals surface area contributed by atoms with Crippen molar-refractivity contribution >= 4 is 52.1 Å². The van der Waals surface area contributed by atoms with Crippen molar-refractivity contribution in [1.29, 1.82) is 5.26 Å². The summed E-state index contributed by atoms with van der Waals surface area (Å²) in [5.41, 5.74) is 2.18. The number of hydrogen-bond acceptors (Lipinski definition) is 8. The molecule has 1 aliphatic carbocycles. The molecule has 1 fully saturated rings. The lowest BCUT2D eigenvalue weighted by atomic mass is 9.88. The molecule has 88 heavy (non-hydrogen) atoms. The van der Waals surface area contributed by atoms with Crippen LogP contribution < -0.4 is 0 Å². The number of aliphatic imine (C=N–C) groups is 1. The smallest absolute Gasteiger partial charge is 0.254 e. The number of terminal acetylenes is 1. The van der Waals surface area contributed by atoms with E-state index in [1.54, 1.807) is 13.0 Å². The average Bonchev–Trinajstić information content (AvgIpc) is 4.01. The van der Waals surface area contributed by atoms with Gasteiger partial charge < -0.3 is 0 Å². The first kappa shape index (κ1) is 102. The number of rotatable bonds is 10. The molecule has 2 aliphatic rings. The van der Waals surface area contributed by atoms with Crippen LogP contribution in [-0.4, -0.2) is 55.9 Å². The van der Waals surface area contributed by atoms with Crippen LogP contribution in [0.5, 0.6) is 0 Å². The molecule has 0 spiro atoms. The fourth-order valence-corrected chi connectivity index (χ4v) is 5.89. The lowest BCUT2D eigenvalue weighted by Gasteiger charge is -2.29. The molecule has 9 heteroatoms. The van der Waals surface area contributed by atoms with Crippen LogP contribution in [0.25, 0.3) is 0 Å². The van der Waals surface area contributed by atoms with Gasteiger partial charge in [-0.2, -0.15) is 5.26 Å². The minimum atomic E-state index is -0.405. The van der Waals surface area contributed by atoms with E-state index in [9.17, 15) is 24.0 Å². The van der Waals surface area contributed by atoms with Gasteiger partial charge in [0.2, 0.25) is 0 Å². The van der Waals surface area contributed by atoms with E-state index in [0.717, 1.165) is 23.6 Å². The molecule has 0 aromatic heterocycles. The summed E-state index contributed by atoms with van der Waals surface area (Å²) < 4.78 is 0. The van der Waals surface area contributed by atoms with Gasteiger partial charge in [-0.1, -0.05) is 215 Å². The fourth-order valence-electron chi connectivity index (χ4n) is 5.46. The monoisotopic (exact) mass is 1250 g/mol. The van der Waals surface area contributed by atoms with Gasteiger partial charge in [0.1, 0.15) is 5.78 Å². The summed E-state index contributed by atoms with van der Waals surface area (Å²) in [5.74, 6) is 6.40. The van der Waals surface area contributed by atoms with Crippen molar-refractivity contribution in [3.05, 3.63) is 81.5 Å². The largest absolute Gasteiger partial charge is 0.300 e. The molecule has 8 nitrogen and oxygen atoms in total. The van der Waals surface area contributed by atoms with Gasteiger partial charge in [0.25, 0.3) is 11.8 Å². The van der Waals surface area contributed by atoms with Gasteiger partial charge in [-0.25, -0.2) is 4.99 Å². The summed E-state index contributed by atoms with van der Waals surface area (Å²) in [6, 6.07) is 2.10. The van der Waals surface area contributed by atoms with Gasteiger partial charge in [0.05, 0.1) is 11.6 Å².